The molecule has 2 aromatic rings. The Morgan fingerprint density at radius 2 is 2.30 bits per heavy atom. The maximum absolute atomic E-state index is 11.8. The van der Waals surface area contributed by atoms with Crippen molar-refractivity contribution in [1.29, 1.82) is 0 Å². The molecule has 0 unspecified atom stereocenters. The molecule has 0 spiro atoms. The van der Waals surface area contributed by atoms with E-state index in [4.69, 9.17) is 0 Å². The van der Waals surface area contributed by atoms with Crippen LogP contribution in [0.25, 0.3) is 0 Å². The van der Waals surface area contributed by atoms with Gasteiger partial charge >= 0.3 is 0 Å². The molecule has 20 heavy (non-hydrogen) atoms. The molecule has 5 nitrogen and oxygen atoms in total. The lowest BCUT2D eigenvalue weighted by Gasteiger charge is -2.06. The minimum Gasteiger partial charge on any atom is -0.351 e. The largest absolute Gasteiger partial charge is 0.351 e. The third kappa shape index (κ3) is 4.40. The monoisotopic (exact) mass is 290 g/mol. The number of carbonyl (C=O) groups is 1. The van der Waals surface area contributed by atoms with Gasteiger partial charge in [0.15, 0.2) is 0 Å². The summed E-state index contributed by atoms with van der Waals surface area (Å²) in [6.07, 6.45) is 4.51. The number of carbonyl (C=O) groups excluding carboxylic acids is 1. The standard InChI is InChI=1S/C14H18N4OS/c1-11-13(20-10-18-11)14(19)17-7-3-6-16-9-12-4-2-5-15-8-12/h2,4-5,8,10,16H,3,6-7,9H2,1H3,(H,17,19). The van der Waals surface area contributed by atoms with Gasteiger partial charge in [0, 0.05) is 25.5 Å². The van der Waals surface area contributed by atoms with Gasteiger partial charge in [0.1, 0.15) is 4.88 Å². The van der Waals surface area contributed by atoms with E-state index in [9.17, 15) is 4.79 Å². The van der Waals surface area contributed by atoms with Gasteiger partial charge in [-0.2, -0.15) is 0 Å². The zero-order chi connectivity index (χ0) is 14.2. The highest BCUT2D eigenvalue weighted by Gasteiger charge is 2.10. The molecule has 0 aromatic carbocycles. The van der Waals surface area contributed by atoms with Crippen LogP contribution in [0.4, 0.5) is 0 Å². The van der Waals surface area contributed by atoms with Gasteiger partial charge in [0.25, 0.3) is 5.91 Å². The lowest BCUT2D eigenvalue weighted by atomic mass is 10.3. The number of nitrogens with one attached hydrogen (secondary N) is 2. The highest BCUT2D eigenvalue weighted by molar-refractivity contribution is 7.11. The molecule has 0 saturated heterocycles. The predicted molar refractivity (Wildman–Crippen MR) is 79.7 cm³/mol. The average molecular weight is 290 g/mol. The summed E-state index contributed by atoms with van der Waals surface area (Å²) in [5.41, 5.74) is 3.65. The highest BCUT2D eigenvalue weighted by atomic mass is 32.1. The third-order valence-corrected chi connectivity index (χ3v) is 3.75. The molecule has 0 bridgehead atoms. The molecule has 0 aliphatic carbocycles. The van der Waals surface area contributed by atoms with Crippen LogP contribution >= 0.6 is 11.3 Å². The molecule has 2 aromatic heterocycles. The van der Waals surface area contributed by atoms with Crippen LogP contribution in [-0.4, -0.2) is 29.0 Å². The number of thiazole rings is 1. The maximum Gasteiger partial charge on any atom is 0.263 e. The van der Waals surface area contributed by atoms with E-state index in [1.54, 1.807) is 11.7 Å². The van der Waals surface area contributed by atoms with Crippen molar-refractivity contribution in [2.45, 2.75) is 19.9 Å². The smallest absolute Gasteiger partial charge is 0.263 e. The Kier molecular flexibility index (Phi) is 5.64. The fraction of sp³-hybridized carbons (Fsp3) is 0.357. The lowest BCUT2D eigenvalue weighted by Crippen LogP contribution is -2.27. The van der Waals surface area contributed by atoms with Crippen LogP contribution in [0, 0.1) is 6.92 Å². The van der Waals surface area contributed by atoms with Crippen molar-refractivity contribution in [3.8, 4) is 0 Å². The van der Waals surface area contributed by atoms with E-state index in [0.717, 1.165) is 30.8 Å². The molecule has 0 aliphatic heterocycles. The summed E-state index contributed by atoms with van der Waals surface area (Å²) < 4.78 is 0. The second kappa shape index (κ2) is 7.72. The quantitative estimate of drug-likeness (QED) is 0.763. The highest BCUT2D eigenvalue weighted by Crippen LogP contribution is 2.11. The van der Waals surface area contributed by atoms with E-state index in [2.05, 4.69) is 20.6 Å². The van der Waals surface area contributed by atoms with Crippen molar-refractivity contribution in [1.82, 2.24) is 20.6 Å². The van der Waals surface area contributed by atoms with Crippen LogP contribution in [0.1, 0.15) is 27.3 Å². The van der Waals surface area contributed by atoms with Crippen LogP contribution in [0.15, 0.2) is 30.0 Å². The second-order valence-corrected chi connectivity index (χ2v) is 5.27. The molecular formula is C14H18N4OS. The van der Waals surface area contributed by atoms with Gasteiger partial charge < -0.3 is 10.6 Å². The number of pyridine rings is 1. The summed E-state index contributed by atoms with van der Waals surface area (Å²) >= 11 is 1.38. The number of aryl methyl sites for hydroxylation is 1. The Morgan fingerprint density at radius 1 is 1.40 bits per heavy atom. The summed E-state index contributed by atoms with van der Waals surface area (Å²) in [5.74, 6) is -0.0303. The minimum atomic E-state index is -0.0303. The number of rotatable bonds is 7. The lowest BCUT2D eigenvalue weighted by molar-refractivity contribution is 0.0956. The van der Waals surface area contributed by atoms with E-state index >= 15 is 0 Å². The van der Waals surface area contributed by atoms with Crippen LogP contribution in [-0.2, 0) is 6.54 Å². The molecule has 106 valence electrons. The first-order valence-corrected chi connectivity index (χ1v) is 7.43. The van der Waals surface area contributed by atoms with Crippen molar-refractivity contribution in [2.75, 3.05) is 13.1 Å². The fourth-order valence-electron chi connectivity index (χ4n) is 1.75. The second-order valence-electron chi connectivity index (χ2n) is 4.41. The van der Waals surface area contributed by atoms with Gasteiger partial charge in [-0.05, 0) is 31.5 Å². The molecule has 1 amide bonds. The minimum absolute atomic E-state index is 0.0303. The number of hydrogen-bond acceptors (Lipinski definition) is 5. The summed E-state index contributed by atoms with van der Waals surface area (Å²) in [6.45, 7) is 4.17. The average Bonchev–Trinajstić information content (AvgIpc) is 2.90. The van der Waals surface area contributed by atoms with Crippen LogP contribution < -0.4 is 10.6 Å². The SMILES string of the molecule is Cc1ncsc1C(=O)NCCCNCc1cccnc1. The Bertz CT molecular complexity index is 541. The van der Waals surface area contributed by atoms with E-state index in [0.29, 0.717) is 11.4 Å². The van der Waals surface area contributed by atoms with Crippen LogP contribution in [0.2, 0.25) is 0 Å². The molecule has 0 aliphatic rings. The fourth-order valence-corrected chi connectivity index (χ4v) is 2.47. The van der Waals surface area contributed by atoms with Crippen molar-refractivity contribution in [2.24, 2.45) is 0 Å². The zero-order valence-electron chi connectivity index (χ0n) is 11.4. The summed E-state index contributed by atoms with van der Waals surface area (Å²) in [5, 5.41) is 6.22. The van der Waals surface area contributed by atoms with Crippen LogP contribution in [0.3, 0.4) is 0 Å². The topological polar surface area (TPSA) is 66.9 Å². The van der Waals surface area contributed by atoms with Gasteiger partial charge in [-0.15, -0.1) is 11.3 Å². The number of nitrogens with zero attached hydrogens (tertiary/aromatic N) is 2. The first-order valence-electron chi connectivity index (χ1n) is 6.55. The van der Waals surface area contributed by atoms with Gasteiger partial charge in [0.2, 0.25) is 0 Å². The maximum atomic E-state index is 11.8. The first kappa shape index (κ1) is 14.6. The molecule has 2 N–H and O–H groups in total. The number of hydrogen-bond donors (Lipinski definition) is 2. The Balaban J connectivity index is 1.58. The van der Waals surface area contributed by atoms with E-state index in [1.807, 2.05) is 25.3 Å². The summed E-state index contributed by atoms with van der Waals surface area (Å²) in [4.78, 5) is 20.6. The Labute approximate surface area is 122 Å². The van der Waals surface area contributed by atoms with Gasteiger partial charge in [-0.25, -0.2) is 4.98 Å². The van der Waals surface area contributed by atoms with Gasteiger partial charge in [-0.1, -0.05) is 6.07 Å². The molecule has 2 rings (SSSR count). The molecule has 0 saturated carbocycles. The molecule has 0 atom stereocenters. The summed E-state index contributed by atoms with van der Waals surface area (Å²) in [7, 11) is 0. The number of amides is 1. The molecule has 6 heteroatoms. The predicted octanol–water partition coefficient (Wildman–Crippen LogP) is 1.76. The number of aromatic nitrogens is 2. The Morgan fingerprint density at radius 3 is 3.00 bits per heavy atom. The Hall–Kier alpha value is -1.79. The van der Waals surface area contributed by atoms with E-state index in [-0.39, 0.29) is 5.91 Å². The normalized spacial score (nSPS) is 10.4. The van der Waals surface area contributed by atoms with Crippen molar-refractivity contribution in [3.63, 3.8) is 0 Å². The van der Waals surface area contributed by atoms with E-state index in [1.165, 1.54) is 11.3 Å². The molecule has 2 heterocycles. The van der Waals surface area contributed by atoms with E-state index < -0.39 is 0 Å². The molecule has 0 fully saturated rings. The first-order chi connectivity index (χ1) is 9.77. The zero-order valence-corrected chi connectivity index (χ0v) is 12.2. The van der Waals surface area contributed by atoms with Crippen molar-refractivity contribution < 1.29 is 4.79 Å². The third-order valence-electron chi connectivity index (χ3n) is 2.82. The molecular weight excluding hydrogens is 272 g/mol. The van der Waals surface area contributed by atoms with Gasteiger partial charge in [-0.3, -0.25) is 9.78 Å². The van der Waals surface area contributed by atoms with Crippen molar-refractivity contribution >= 4 is 17.2 Å². The molecule has 0 radical (unpaired) electrons. The van der Waals surface area contributed by atoms with Crippen LogP contribution in [0.5, 0.6) is 0 Å². The van der Waals surface area contributed by atoms with Crippen molar-refractivity contribution in [3.05, 3.63) is 46.2 Å². The van der Waals surface area contributed by atoms with Gasteiger partial charge in [0.05, 0.1) is 11.2 Å². The summed E-state index contributed by atoms with van der Waals surface area (Å²) in [6, 6.07) is 3.96.